The van der Waals surface area contributed by atoms with Crippen LogP contribution < -0.4 is 4.74 Å². The van der Waals surface area contributed by atoms with E-state index in [2.05, 4.69) is 105 Å². The van der Waals surface area contributed by atoms with Gasteiger partial charge in [-0.05, 0) is 44.6 Å². The third-order valence-electron chi connectivity index (χ3n) is 8.53. The molecule has 0 aromatic heterocycles. The van der Waals surface area contributed by atoms with Crippen LogP contribution in [0.2, 0.25) is 10.0 Å². The molecule has 0 heterocycles. The number of halogens is 2. The average Bonchev–Trinajstić information content (AvgIpc) is 3.01. The molecule has 216 valence electrons. The molecule has 0 radical (unpaired) electrons. The fourth-order valence-electron chi connectivity index (χ4n) is 5.83. The topological polar surface area (TPSA) is 12.5 Å². The summed E-state index contributed by atoms with van der Waals surface area (Å²) in [6, 6.07) is 35.2. The molecule has 0 unspecified atom stereocenters. The Balaban J connectivity index is 1.96. The number of benzene rings is 4. The maximum absolute atomic E-state index is 7.44. The van der Waals surface area contributed by atoms with Gasteiger partial charge in [-0.3, -0.25) is 4.90 Å². The summed E-state index contributed by atoms with van der Waals surface area (Å²) in [7, 11) is 0. The molecule has 0 aliphatic heterocycles. The van der Waals surface area contributed by atoms with E-state index in [4.69, 9.17) is 27.9 Å². The highest BCUT2D eigenvalue weighted by Crippen LogP contribution is 2.45. The van der Waals surface area contributed by atoms with Gasteiger partial charge in [0.15, 0.2) is 0 Å². The second-order valence-electron chi connectivity index (χ2n) is 10.7. The van der Waals surface area contributed by atoms with E-state index >= 15 is 0 Å². The van der Waals surface area contributed by atoms with E-state index in [0.717, 1.165) is 72.6 Å². The van der Waals surface area contributed by atoms with Crippen LogP contribution in [0.25, 0.3) is 11.1 Å². The first-order valence-corrected chi connectivity index (χ1v) is 15.6. The zero-order valence-corrected chi connectivity index (χ0v) is 26.3. The first-order valence-electron chi connectivity index (χ1n) is 14.8. The van der Waals surface area contributed by atoms with Gasteiger partial charge in [-0.2, -0.15) is 0 Å². The number of hydrogen-bond acceptors (Lipinski definition) is 2. The smallest absolute Gasteiger partial charge is 0.207 e. The largest absolute Gasteiger partial charge is 0.471 e. The van der Waals surface area contributed by atoms with Gasteiger partial charge in [0, 0.05) is 28.3 Å². The molecule has 0 atom stereocenters. The molecule has 0 spiro atoms. The van der Waals surface area contributed by atoms with Crippen LogP contribution in [0, 0.1) is 0 Å². The zero-order valence-electron chi connectivity index (χ0n) is 24.8. The molecular formula is C36H43Cl2N2O+. The second-order valence-corrected chi connectivity index (χ2v) is 11.5. The molecule has 4 aromatic carbocycles. The molecule has 41 heavy (non-hydrogen) atoms. The van der Waals surface area contributed by atoms with Crippen LogP contribution >= 0.6 is 23.2 Å². The molecule has 3 nitrogen and oxygen atoms in total. The summed E-state index contributed by atoms with van der Waals surface area (Å²) in [4.78, 5) is 2.51. The van der Waals surface area contributed by atoms with Crippen molar-refractivity contribution in [2.45, 2.75) is 33.3 Å². The zero-order chi connectivity index (χ0) is 29.3. The van der Waals surface area contributed by atoms with Crippen LogP contribution in [0.5, 0.6) is 5.75 Å². The lowest BCUT2D eigenvalue weighted by atomic mass is 9.84. The summed E-state index contributed by atoms with van der Waals surface area (Å²) in [5.41, 5.74) is 3.26. The molecule has 0 aliphatic carbocycles. The first-order chi connectivity index (χ1) is 19.9. The number of quaternary nitrogens is 1. The van der Waals surface area contributed by atoms with E-state index < -0.39 is 5.60 Å². The van der Waals surface area contributed by atoms with Crippen molar-refractivity contribution in [3.8, 4) is 16.9 Å². The van der Waals surface area contributed by atoms with Crippen molar-refractivity contribution in [3.05, 3.63) is 124 Å². The summed E-state index contributed by atoms with van der Waals surface area (Å²) in [5.74, 6) is 0.676. The Bertz CT molecular complexity index is 1320. The highest BCUT2D eigenvalue weighted by Gasteiger charge is 2.45. The summed E-state index contributed by atoms with van der Waals surface area (Å²) in [5, 5.41) is 1.12. The molecule has 0 saturated heterocycles. The third-order valence-corrected chi connectivity index (χ3v) is 9.05. The molecule has 0 amide bonds. The predicted octanol–water partition coefficient (Wildman–Crippen LogP) is 9.18. The van der Waals surface area contributed by atoms with Gasteiger partial charge in [0.1, 0.15) is 12.3 Å². The lowest BCUT2D eigenvalue weighted by Gasteiger charge is -2.46. The standard InChI is InChI=1S/C36H43Cl2N2O/c1-5-39(6-2)24-25-40(7-3,8-4)28-36(30-20-14-10-15-21-30,31-22-16-11-17-23-31)41-34-27-32(37)26-33(38)35(34)29-18-12-9-13-19-29/h9-23,26-27H,5-8,24-25,28H2,1-4H3/q+1. The van der Waals surface area contributed by atoms with Crippen molar-refractivity contribution >= 4 is 23.2 Å². The maximum Gasteiger partial charge on any atom is 0.207 e. The van der Waals surface area contributed by atoms with Crippen molar-refractivity contribution < 1.29 is 9.22 Å². The van der Waals surface area contributed by atoms with E-state index in [0.29, 0.717) is 15.8 Å². The van der Waals surface area contributed by atoms with E-state index in [1.54, 1.807) is 6.07 Å². The molecule has 0 saturated carbocycles. The molecular weight excluding hydrogens is 547 g/mol. The number of hydrogen-bond donors (Lipinski definition) is 0. The molecule has 4 aromatic rings. The Morgan fingerprint density at radius 3 is 1.71 bits per heavy atom. The quantitative estimate of drug-likeness (QED) is 0.136. The van der Waals surface area contributed by atoms with Crippen molar-refractivity contribution in [2.75, 3.05) is 45.8 Å². The van der Waals surface area contributed by atoms with Crippen LogP contribution in [0.3, 0.4) is 0 Å². The van der Waals surface area contributed by atoms with Crippen molar-refractivity contribution in [3.63, 3.8) is 0 Å². The number of likely N-dealkylation sites (N-methyl/N-ethyl adjacent to an activating group) is 2. The maximum atomic E-state index is 7.44. The predicted molar refractivity (Wildman–Crippen MR) is 175 cm³/mol. The van der Waals surface area contributed by atoms with Gasteiger partial charge < -0.3 is 9.22 Å². The molecule has 0 fully saturated rings. The van der Waals surface area contributed by atoms with E-state index in [1.807, 2.05) is 24.3 Å². The van der Waals surface area contributed by atoms with Gasteiger partial charge in [0.25, 0.3) is 0 Å². The number of nitrogens with zero attached hydrogens (tertiary/aromatic N) is 2. The summed E-state index contributed by atoms with van der Waals surface area (Å²) in [6.45, 7) is 16.0. The van der Waals surface area contributed by atoms with Crippen LogP contribution in [0.15, 0.2) is 103 Å². The Hall–Kier alpha value is -2.82. The van der Waals surface area contributed by atoms with Crippen molar-refractivity contribution in [2.24, 2.45) is 0 Å². The third kappa shape index (κ3) is 7.16. The lowest BCUT2D eigenvalue weighted by Crippen LogP contribution is -2.59. The van der Waals surface area contributed by atoms with Gasteiger partial charge in [-0.25, -0.2) is 0 Å². The van der Waals surface area contributed by atoms with E-state index in [-0.39, 0.29) is 0 Å². The van der Waals surface area contributed by atoms with Gasteiger partial charge >= 0.3 is 0 Å². The SMILES string of the molecule is CCN(CC)CC[N+](CC)(CC)CC(Oc1cc(Cl)cc(Cl)c1-c1ccccc1)(c1ccccc1)c1ccccc1. The van der Waals surface area contributed by atoms with Gasteiger partial charge in [0.05, 0.1) is 24.7 Å². The Labute approximate surface area is 256 Å². The van der Waals surface area contributed by atoms with Gasteiger partial charge in [0.2, 0.25) is 5.60 Å². The van der Waals surface area contributed by atoms with E-state index in [1.165, 1.54) is 0 Å². The molecule has 0 N–H and O–H groups in total. The Morgan fingerprint density at radius 1 is 0.707 bits per heavy atom. The Morgan fingerprint density at radius 2 is 1.22 bits per heavy atom. The minimum Gasteiger partial charge on any atom is -0.471 e. The highest BCUT2D eigenvalue weighted by atomic mass is 35.5. The molecule has 5 heteroatoms. The van der Waals surface area contributed by atoms with E-state index in [9.17, 15) is 0 Å². The summed E-state index contributed by atoms with van der Waals surface area (Å²) >= 11 is 13.6. The highest BCUT2D eigenvalue weighted by molar-refractivity contribution is 6.37. The monoisotopic (exact) mass is 589 g/mol. The fraction of sp³-hybridized carbons (Fsp3) is 0.333. The van der Waals surface area contributed by atoms with Crippen molar-refractivity contribution in [1.29, 1.82) is 0 Å². The number of rotatable bonds is 14. The fourth-order valence-corrected chi connectivity index (χ4v) is 6.41. The molecule has 4 rings (SSSR count). The van der Waals surface area contributed by atoms with Crippen LogP contribution in [-0.2, 0) is 5.60 Å². The number of ether oxygens (including phenoxy) is 1. The molecule has 0 aliphatic rings. The normalized spacial score (nSPS) is 12.1. The van der Waals surface area contributed by atoms with Gasteiger partial charge in [-0.1, -0.05) is 128 Å². The minimum absolute atomic E-state index is 0.549. The average molecular weight is 591 g/mol. The minimum atomic E-state index is -0.796. The first kappa shape index (κ1) is 31.1. The van der Waals surface area contributed by atoms with Crippen LogP contribution in [0.4, 0.5) is 0 Å². The van der Waals surface area contributed by atoms with Crippen LogP contribution in [0.1, 0.15) is 38.8 Å². The van der Waals surface area contributed by atoms with Gasteiger partial charge in [-0.15, -0.1) is 0 Å². The second kappa shape index (κ2) is 14.4. The summed E-state index contributed by atoms with van der Waals surface area (Å²) in [6.07, 6.45) is 0. The van der Waals surface area contributed by atoms with Crippen LogP contribution in [-0.4, -0.2) is 55.2 Å². The Kier molecular flexibility index (Phi) is 10.9. The van der Waals surface area contributed by atoms with Crippen molar-refractivity contribution in [1.82, 2.24) is 4.90 Å². The lowest BCUT2D eigenvalue weighted by molar-refractivity contribution is -0.929. The molecule has 0 bridgehead atoms. The summed E-state index contributed by atoms with van der Waals surface area (Å²) < 4.78 is 8.34.